The van der Waals surface area contributed by atoms with Gasteiger partial charge in [-0.25, -0.2) is 0 Å². The van der Waals surface area contributed by atoms with Gasteiger partial charge >= 0.3 is 0 Å². The second kappa shape index (κ2) is 6.48. The Balaban J connectivity index is 2.05. The highest BCUT2D eigenvalue weighted by molar-refractivity contribution is 5.57. The van der Waals surface area contributed by atoms with Gasteiger partial charge in [-0.2, -0.15) is 15.3 Å². The van der Waals surface area contributed by atoms with Crippen LogP contribution in [0.4, 0.5) is 17.5 Å². The number of anilines is 3. The van der Waals surface area contributed by atoms with Gasteiger partial charge in [-0.1, -0.05) is 13.8 Å². The fourth-order valence-corrected chi connectivity index (χ4v) is 1.51. The Hall–Kier alpha value is -2.68. The van der Waals surface area contributed by atoms with E-state index in [-0.39, 0.29) is 0 Å². The second-order valence-corrected chi connectivity index (χ2v) is 4.75. The van der Waals surface area contributed by atoms with Crippen LogP contribution in [0.2, 0.25) is 0 Å². The van der Waals surface area contributed by atoms with Crippen LogP contribution in [-0.2, 0) is 0 Å². The largest absolute Gasteiger partial charge is 0.353 e. The number of benzene rings is 1. The molecule has 0 amide bonds. The molecule has 2 rings (SSSR count). The molecular formula is C14H16N6. The molecule has 2 aromatic rings. The normalized spacial score (nSPS) is 10.1. The van der Waals surface area contributed by atoms with Gasteiger partial charge in [-0.3, -0.25) is 0 Å². The summed E-state index contributed by atoms with van der Waals surface area (Å²) < 4.78 is 0. The van der Waals surface area contributed by atoms with Gasteiger partial charge in [0.05, 0.1) is 17.8 Å². The van der Waals surface area contributed by atoms with Gasteiger partial charge in [0.2, 0.25) is 5.95 Å². The summed E-state index contributed by atoms with van der Waals surface area (Å²) in [6.07, 6.45) is 1.55. The van der Waals surface area contributed by atoms with Crippen LogP contribution in [0.5, 0.6) is 0 Å². The molecule has 0 saturated carbocycles. The van der Waals surface area contributed by atoms with Crippen molar-refractivity contribution in [3.05, 3.63) is 36.0 Å². The average Bonchev–Trinajstić information content (AvgIpc) is 2.46. The molecule has 1 aromatic heterocycles. The fourth-order valence-electron chi connectivity index (χ4n) is 1.51. The molecule has 2 N–H and O–H groups in total. The quantitative estimate of drug-likeness (QED) is 0.866. The minimum absolute atomic E-state index is 0.498. The van der Waals surface area contributed by atoms with Crippen molar-refractivity contribution in [3.8, 4) is 6.07 Å². The van der Waals surface area contributed by atoms with Gasteiger partial charge in [-0.15, -0.1) is 5.10 Å². The number of hydrogen-bond donors (Lipinski definition) is 2. The van der Waals surface area contributed by atoms with E-state index in [9.17, 15) is 0 Å². The van der Waals surface area contributed by atoms with Gasteiger partial charge < -0.3 is 10.6 Å². The molecule has 0 spiro atoms. The third-order valence-electron chi connectivity index (χ3n) is 2.51. The minimum Gasteiger partial charge on any atom is -0.353 e. The van der Waals surface area contributed by atoms with Crippen molar-refractivity contribution >= 4 is 17.5 Å². The van der Waals surface area contributed by atoms with E-state index in [0.29, 0.717) is 23.2 Å². The zero-order valence-corrected chi connectivity index (χ0v) is 11.5. The Labute approximate surface area is 117 Å². The number of hydrogen-bond acceptors (Lipinski definition) is 6. The molecule has 0 fully saturated rings. The van der Waals surface area contributed by atoms with E-state index >= 15 is 0 Å². The Bertz CT molecular complexity index is 600. The monoisotopic (exact) mass is 268 g/mol. The van der Waals surface area contributed by atoms with Gasteiger partial charge in [0.15, 0.2) is 5.82 Å². The van der Waals surface area contributed by atoms with E-state index in [2.05, 4.69) is 45.7 Å². The fraction of sp³-hybridized carbons (Fsp3) is 0.286. The number of nitrogens with zero attached hydrogens (tertiary/aromatic N) is 4. The summed E-state index contributed by atoms with van der Waals surface area (Å²) in [6.45, 7) is 5.01. The molecule has 6 nitrogen and oxygen atoms in total. The summed E-state index contributed by atoms with van der Waals surface area (Å²) in [4.78, 5) is 4.32. The summed E-state index contributed by atoms with van der Waals surface area (Å²) in [6, 6.07) is 9.21. The smallest absolute Gasteiger partial charge is 0.244 e. The van der Waals surface area contributed by atoms with E-state index in [1.54, 1.807) is 18.3 Å². The molecule has 0 unspecified atom stereocenters. The predicted molar refractivity (Wildman–Crippen MR) is 77.6 cm³/mol. The first kappa shape index (κ1) is 13.7. The summed E-state index contributed by atoms with van der Waals surface area (Å²) in [5, 5.41) is 22.8. The van der Waals surface area contributed by atoms with Crippen LogP contribution >= 0.6 is 0 Å². The van der Waals surface area contributed by atoms with E-state index in [4.69, 9.17) is 5.26 Å². The lowest BCUT2D eigenvalue weighted by molar-refractivity contribution is 0.682. The molecule has 1 aromatic carbocycles. The Morgan fingerprint density at radius 3 is 2.65 bits per heavy atom. The van der Waals surface area contributed by atoms with Crippen molar-refractivity contribution in [2.45, 2.75) is 13.8 Å². The van der Waals surface area contributed by atoms with Crippen LogP contribution in [0.1, 0.15) is 19.4 Å². The first-order valence-electron chi connectivity index (χ1n) is 6.38. The van der Waals surface area contributed by atoms with Crippen molar-refractivity contribution in [2.75, 3.05) is 17.2 Å². The first-order chi connectivity index (χ1) is 9.67. The molecule has 102 valence electrons. The van der Waals surface area contributed by atoms with Crippen LogP contribution in [0.25, 0.3) is 0 Å². The van der Waals surface area contributed by atoms with Crippen LogP contribution in [0.3, 0.4) is 0 Å². The maximum absolute atomic E-state index is 8.75. The summed E-state index contributed by atoms with van der Waals surface area (Å²) in [7, 11) is 0. The average molecular weight is 268 g/mol. The number of rotatable bonds is 5. The van der Waals surface area contributed by atoms with Crippen LogP contribution in [0.15, 0.2) is 30.5 Å². The maximum atomic E-state index is 8.75. The Morgan fingerprint density at radius 1 is 1.25 bits per heavy atom. The minimum atomic E-state index is 0.498. The van der Waals surface area contributed by atoms with Gasteiger partial charge in [-0.05, 0) is 30.2 Å². The molecule has 0 aliphatic heterocycles. The molecule has 0 atom stereocenters. The lowest BCUT2D eigenvalue weighted by atomic mass is 10.2. The molecule has 0 aliphatic carbocycles. The summed E-state index contributed by atoms with van der Waals surface area (Å²) in [5.41, 5.74) is 1.47. The molecule has 20 heavy (non-hydrogen) atoms. The Morgan fingerprint density at radius 2 is 2.00 bits per heavy atom. The van der Waals surface area contributed by atoms with Crippen LogP contribution in [0, 0.1) is 17.2 Å². The van der Waals surface area contributed by atoms with Gasteiger partial charge in [0.1, 0.15) is 0 Å². The molecule has 0 bridgehead atoms. The van der Waals surface area contributed by atoms with Crippen molar-refractivity contribution < 1.29 is 0 Å². The summed E-state index contributed by atoms with van der Waals surface area (Å²) in [5.74, 6) is 1.61. The van der Waals surface area contributed by atoms with Crippen molar-refractivity contribution in [1.29, 1.82) is 5.26 Å². The van der Waals surface area contributed by atoms with Crippen molar-refractivity contribution in [1.82, 2.24) is 15.2 Å². The maximum Gasteiger partial charge on any atom is 0.244 e. The summed E-state index contributed by atoms with van der Waals surface area (Å²) >= 11 is 0. The lowest BCUT2D eigenvalue weighted by Crippen LogP contribution is -2.11. The van der Waals surface area contributed by atoms with Crippen LogP contribution in [-0.4, -0.2) is 21.7 Å². The standard InChI is InChI=1S/C14H16N6/c1-10(2)8-16-14-19-13(9-17-20-14)18-12-5-3-11(7-15)4-6-12/h3-6,9-10H,8H2,1-2H3,(H2,16,18,19,20). The molecule has 0 saturated heterocycles. The number of nitriles is 1. The third kappa shape index (κ3) is 3.92. The van der Waals surface area contributed by atoms with E-state index in [1.165, 1.54) is 0 Å². The van der Waals surface area contributed by atoms with Crippen LogP contribution < -0.4 is 10.6 Å². The molecule has 0 radical (unpaired) electrons. The third-order valence-corrected chi connectivity index (χ3v) is 2.51. The molecule has 1 heterocycles. The Kier molecular flexibility index (Phi) is 4.45. The lowest BCUT2D eigenvalue weighted by Gasteiger charge is -2.09. The first-order valence-corrected chi connectivity index (χ1v) is 6.38. The number of aromatic nitrogens is 3. The SMILES string of the molecule is CC(C)CNc1nncc(Nc2ccc(C#N)cc2)n1. The van der Waals surface area contributed by atoms with Crippen molar-refractivity contribution in [2.24, 2.45) is 5.92 Å². The molecule has 6 heteroatoms. The number of nitrogens with one attached hydrogen (secondary N) is 2. The predicted octanol–water partition coefficient (Wildman–Crippen LogP) is 2.55. The van der Waals surface area contributed by atoms with Crippen molar-refractivity contribution in [3.63, 3.8) is 0 Å². The highest BCUT2D eigenvalue weighted by atomic mass is 15.3. The topological polar surface area (TPSA) is 86.5 Å². The highest BCUT2D eigenvalue weighted by Crippen LogP contribution is 2.15. The van der Waals surface area contributed by atoms with Gasteiger partial charge in [0.25, 0.3) is 0 Å². The van der Waals surface area contributed by atoms with E-state index in [0.717, 1.165) is 12.2 Å². The van der Waals surface area contributed by atoms with Gasteiger partial charge in [0, 0.05) is 12.2 Å². The molecule has 0 aliphatic rings. The van der Waals surface area contributed by atoms with E-state index < -0.39 is 0 Å². The van der Waals surface area contributed by atoms with E-state index in [1.807, 2.05) is 12.1 Å². The molecular weight excluding hydrogens is 252 g/mol. The second-order valence-electron chi connectivity index (χ2n) is 4.75. The zero-order chi connectivity index (χ0) is 14.4. The zero-order valence-electron chi connectivity index (χ0n) is 11.5. The highest BCUT2D eigenvalue weighted by Gasteiger charge is 2.02.